The highest BCUT2D eigenvalue weighted by molar-refractivity contribution is 7.10. The first-order chi connectivity index (χ1) is 10.0. The quantitative estimate of drug-likeness (QED) is 0.629. The topological polar surface area (TPSA) is 92.5 Å². The summed E-state index contributed by atoms with van der Waals surface area (Å²) in [5.41, 5.74) is 1.68. The molecule has 0 aliphatic carbocycles. The van der Waals surface area contributed by atoms with Crippen molar-refractivity contribution in [1.29, 1.82) is 0 Å². The summed E-state index contributed by atoms with van der Waals surface area (Å²) in [5, 5.41) is 24.5. The van der Waals surface area contributed by atoms with E-state index in [0.29, 0.717) is 24.2 Å². The van der Waals surface area contributed by atoms with Crippen LogP contribution in [0.5, 0.6) is 0 Å². The Morgan fingerprint density at radius 1 is 1.43 bits per heavy atom. The van der Waals surface area contributed by atoms with Gasteiger partial charge in [-0.05, 0) is 18.6 Å². The summed E-state index contributed by atoms with van der Waals surface area (Å²) in [6.45, 7) is 2.30. The molecule has 0 spiro atoms. The van der Waals surface area contributed by atoms with Gasteiger partial charge in [-0.3, -0.25) is 10.1 Å². The molecule has 0 unspecified atom stereocenters. The van der Waals surface area contributed by atoms with Gasteiger partial charge < -0.3 is 10.4 Å². The number of nitro benzene ring substituents is 1. The molecule has 0 radical (unpaired) electrons. The van der Waals surface area contributed by atoms with E-state index in [4.69, 9.17) is 5.11 Å². The number of nitrogens with zero attached hydrogens (tertiary/aromatic N) is 1. The number of nitrogens with one attached hydrogen (secondary N) is 1. The van der Waals surface area contributed by atoms with Crippen LogP contribution < -0.4 is 5.32 Å². The van der Waals surface area contributed by atoms with Gasteiger partial charge in [0.25, 0.3) is 5.69 Å². The van der Waals surface area contributed by atoms with Gasteiger partial charge in [-0.1, -0.05) is 13.0 Å². The Morgan fingerprint density at radius 3 is 2.76 bits per heavy atom. The lowest BCUT2D eigenvalue weighted by Gasteiger charge is -2.06. The molecule has 2 aromatic rings. The van der Waals surface area contributed by atoms with Crippen LogP contribution in [0.4, 0.5) is 11.4 Å². The van der Waals surface area contributed by atoms with Crippen LogP contribution in [0.2, 0.25) is 0 Å². The van der Waals surface area contributed by atoms with Crippen molar-refractivity contribution in [2.24, 2.45) is 0 Å². The van der Waals surface area contributed by atoms with Crippen molar-refractivity contribution >= 4 is 28.7 Å². The molecule has 2 N–H and O–H groups in total. The molecule has 0 atom stereocenters. The summed E-state index contributed by atoms with van der Waals surface area (Å²) >= 11 is 1.34. The molecule has 0 saturated heterocycles. The van der Waals surface area contributed by atoms with Gasteiger partial charge in [-0.25, -0.2) is 4.79 Å². The summed E-state index contributed by atoms with van der Waals surface area (Å²) in [4.78, 5) is 22.3. The number of thiophene rings is 1. The number of aryl methyl sites for hydroxylation is 1. The van der Waals surface area contributed by atoms with Crippen molar-refractivity contribution in [2.75, 3.05) is 5.32 Å². The molecule has 7 heteroatoms. The molecule has 0 aliphatic rings. The average molecular weight is 306 g/mol. The van der Waals surface area contributed by atoms with Crippen molar-refractivity contribution in [2.45, 2.75) is 19.9 Å². The minimum Gasteiger partial charge on any atom is -0.478 e. The van der Waals surface area contributed by atoms with E-state index < -0.39 is 10.9 Å². The van der Waals surface area contributed by atoms with Gasteiger partial charge in [-0.2, -0.15) is 0 Å². The van der Waals surface area contributed by atoms with Crippen LogP contribution in [0.3, 0.4) is 0 Å². The average Bonchev–Trinajstić information content (AvgIpc) is 2.94. The fourth-order valence-corrected chi connectivity index (χ4v) is 2.72. The molecule has 1 aromatic heterocycles. The first-order valence-corrected chi connectivity index (χ1v) is 7.21. The normalized spacial score (nSPS) is 10.3. The second-order valence-electron chi connectivity index (χ2n) is 4.41. The van der Waals surface area contributed by atoms with Crippen molar-refractivity contribution in [3.63, 3.8) is 0 Å². The standard InChI is InChI=1S/C14H14N2O4S/c1-2-9-3-4-11(6-13(9)16(19)20)15-7-12-5-10(8-21-12)14(17)18/h3-6,8,15H,2,7H2,1H3,(H,17,18). The Bertz CT molecular complexity index is 681. The molecule has 0 amide bonds. The Hall–Kier alpha value is -2.41. The van der Waals surface area contributed by atoms with Gasteiger partial charge >= 0.3 is 5.97 Å². The van der Waals surface area contributed by atoms with E-state index in [1.807, 2.05) is 6.92 Å². The number of hydrogen-bond donors (Lipinski definition) is 2. The number of anilines is 1. The lowest BCUT2D eigenvalue weighted by atomic mass is 10.1. The molecule has 21 heavy (non-hydrogen) atoms. The molecule has 0 fully saturated rings. The summed E-state index contributed by atoms with van der Waals surface area (Å²) in [6.07, 6.45) is 0.601. The van der Waals surface area contributed by atoms with E-state index in [2.05, 4.69) is 5.32 Å². The van der Waals surface area contributed by atoms with Gasteiger partial charge in [0.15, 0.2) is 0 Å². The van der Waals surface area contributed by atoms with Crippen LogP contribution in [0.25, 0.3) is 0 Å². The molecule has 1 aromatic carbocycles. The largest absolute Gasteiger partial charge is 0.478 e. The predicted octanol–water partition coefficient (Wildman–Crippen LogP) is 3.53. The lowest BCUT2D eigenvalue weighted by molar-refractivity contribution is -0.385. The van der Waals surface area contributed by atoms with Gasteiger partial charge in [-0.15, -0.1) is 11.3 Å². The van der Waals surface area contributed by atoms with Crippen molar-refractivity contribution < 1.29 is 14.8 Å². The monoisotopic (exact) mass is 306 g/mol. The third-order valence-electron chi connectivity index (χ3n) is 3.03. The Kier molecular flexibility index (Phi) is 4.54. The van der Waals surface area contributed by atoms with E-state index in [1.165, 1.54) is 17.4 Å². The fourth-order valence-electron chi connectivity index (χ4n) is 1.92. The number of rotatable bonds is 6. The zero-order valence-corrected chi connectivity index (χ0v) is 12.1. The number of nitro groups is 1. The number of aromatic carboxylic acids is 1. The smallest absolute Gasteiger partial charge is 0.336 e. The maximum atomic E-state index is 11.0. The highest BCUT2D eigenvalue weighted by Crippen LogP contribution is 2.24. The van der Waals surface area contributed by atoms with Crippen LogP contribution in [0.1, 0.15) is 27.7 Å². The summed E-state index contributed by atoms with van der Waals surface area (Å²) < 4.78 is 0. The number of benzene rings is 1. The maximum Gasteiger partial charge on any atom is 0.336 e. The third kappa shape index (κ3) is 3.57. The third-order valence-corrected chi connectivity index (χ3v) is 3.97. The molecule has 6 nitrogen and oxygen atoms in total. The first-order valence-electron chi connectivity index (χ1n) is 6.33. The van der Waals surface area contributed by atoms with Crippen molar-refractivity contribution in [3.8, 4) is 0 Å². The SMILES string of the molecule is CCc1ccc(NCc2cc(C(=O)O)cs2)cc1[N+](=O)[O-]. The van der Waals surface area contributed by atoms with Gasteiger partial charge in [0, 0.05) is 34.1 Å². The number of carboxylic acids is 1. The Morgan fingerprint density at radius 2 is 2.19 bits per heavy atom. The molecule has 2 rings (SSSR count). The van der Waals surface area contributed by atoms with E-state index in [0.717, 1.165) is 4.88 Å². The summed E-state index contributed by atoms with van der Waals surface area (Å²) in [6, 6.07) is 6.62. The lowest BCUT2D eigenvalue weighted by Crippen LogP contribution is -2.00. The minimum atomic E-state index is -0.958. The van der Waals surface area contributed by atoms with Crippen LogP contribution in [-0.2, 0) is 13.0 Å². The molecule has 0 bridgehead atoms. The minimum absolute atomic E-state index is 0.0971. The predicted molar refractivity (Wildman–Crippen MR) is 81.1 cm³/mol. The van der Waals surface area contributed by atoms with E-state index in [1.54, 1.807) is 23.6 Å². The zero-order valence-electron chi connectivity index (χ0n) is 11.3. The summed E-state index contributed by atoms with van der Waals surface area (Å²) in [5.74, 6) is -0.958. The molecule has 0 aliphatic heterocycles. The van der Waals surface area contributed by atoms with Crippen LogP contribution in [-0.4, -0.2) is 16.0 Å². The number of carbonyl (C=O) groups is 1. The Balaban J connectivity index is 2.10. The Labute approximate surface area is 125 Å². The van der Waals surface area contributed by atoms with Crippen LogP contribution >= 0.6 is 11.3 Å². The zero-order chi connectivity index (χ0) is 15.4. The van der Waals surface area contributed by atoms with Gasteiger partial charge in [0.2, 0.25) is 0 Å². The molecule has 1 heterocycles. The van der Waals surface area contributed by atoms with Gasteiger partial charge in [0.1, 0.15) is 0 Å². The maximum absolute atomic E-state index is 11.0. The highest BCUT2D eigenvalue weighted by Gasteiger charge is 2.13. The van der Waals surface area contributed by atoms with Gasteiger partial charge in [0.05, 0.1) is 10.5 Å². The van der Waals surface area contributed by atoms with Crippen molar-refractivity contribution in [3.05, 3.63) is 55.8 Å². The number of hydrogen-bond acceptors (Lipinski definition) is 5. The summed E-state index contributed by atoms with van der Waals surface area (Å²) in [7, 11) is 0. The van der Waals surface area contributed by atoms with E-state index in [-0.39, 0.29) is 11.3 Å². The molecular weight excluding hydrogens is 292 g/mol. The second kappa shape index (κ2) is 6.36. The molecular formula is C14H14N2O4S. The molecule has 110 valence electrons. The first kappa shape index (κ1) is 15.0. The second-order valence-corrected chi connectivity index (χ2v) is 5.41. The number of carboxylic acid groups (broad SMARTS) is 1. The van der Waals surface area contributed by atoms with Crippen molar-refractivity contribution in [1.82, 2.24) is 0 Å². The fraction of sp³-hybridized carbons (Fsp3) is 0.214. The van der Waals surface area contributed by atoms with E-state index in [9.17, 15) is 14.9 Å². The highest BCUT2D eigenvalue weighted by atomic mass is 32.1. The van der Waals surface area contributed by atoms with Crippen LogP contribution in [0, 0.1) is 10.1 Å². The van der Waals surface area contributed by atoms with E-state index >= 15 is 0 Å². The van der Waals surface area contributed by atoms with Crippen LogP contribution in [0.15, 0.2) is 29.6 Å². The molecule has 0 saturated carbocycles.